The van der Waals surface area contributed by atoms with E-state index >= 15 is 0 Å². The second kappa shape index (κ2) is 6.98. The van der Waals surface area contributed by atoms with Crippen molar-refractivity contribution < 1.29 is 4.42 Å². The molecule has 0 spiro atoms. The molecular formula is C24H16N6O2. The third-order valence-corrected chi connectivity index (χ3v) is 5.35. The van der Waals surface area contributed by atoms with Crippen LogP contribution in [0, 0.1) is 6.92 Å². The monoisotopic (exact) mass is 420 g/mol. The van der Waals surface area contributed by atoms with Crippen LogP contribution in [0.15, 0.2) is 76.3 Å². The molecule has 0 fully saturated rings. The molecule has 32 heavy (non-hydrogen) atoms. The van der Waals surface area contributed by atoms with E-state index in [1.54, 1.807) is 24.7 Å². The van der Waals surface area contributed by atoms with Crippen LogP contribution in [0.5, 0.6) is 0 Å². The first-order valence-electron chi connectivity index (χ1n) is 10.0. The zero-order valence-electron chi connectivity index (χ0n) is 17.0. The average molecular weight is 420 g/mol. The number of rotatable bonds is 3. The molecule has 8 heteroatoms. The molecule has 5 aromatic heterocycles. The number of aryl methyl sites for hydroxylation is 1. The van der Waals surface area contributed by atoms with Crippen molar-refractivity contribution in [2.24, 2.45) is 0 Å². The molecule has 8 nitrogen and oxygen atoms in total. The van der Waals surface area contributed by atoms with E-state index in [-0.39, 0.29) is 10.9 Å². The van der Waals surface area contributed by atoms with E-state index in [1.165, 1.54) is 0 Å². The predicted molar refractivity (Wildman–Crippen MR) is 121 cm³/mol. The fraction of sp³-hybridized carbons (Fsp3) is 0.0417. The number of pyridine rings is 2. The number of H-pyrrole nitrogens is 2. The average Bonchev–Trinajstić information content (AvgIpc) is 3.50. The van der Waals surface area contributed by atoms with Gasteiger partial charge in [0.1, 0.15) is 17.1 Å². The molecule has 0 atom stereocenters. The fourth-order valence-electron chi connectivity index (χ4n) is 3.79. The lowest BCUT2D eigenvalue weighted by Gasteiger charge is -2.10. The Kier molecular flexibility index (Phi) is 3.97. The van der Waals surface area contributed by atoms with Gasteiger partial charge in [-0.3, -0.25) is 14.9 Å². The summed E-state index contributed by atoms with van der Waals surface area (Å²) >= 11 is 0. The van der Waals surface area contributed by atoms with E-state index in [0.717, 1.165) is 22.2 Å². The molecule has 0 aliphatic heterocycles. The predicted octanol–water partition coefficient (Wildman–Crippen LogP) is 4.49. The third kappa shape index (κ3) is 2.89. The summed E-state index contributed by atoms with van der Waals surface area (Å²) < 4.78 is 5.86. The highest BCUT2D eigenvalue weighted by atomic mass is 16.3. The van der Waals surface area contributed by atoms with Gasteiger partial charge >= 0.3 is 0 Å². The van der Waals surface area contributed by atoms with Gasteiger partial charge < -0.3 is 9.40 Å². The highest BCUT2D eigenvalue weighted by Gasteiger charge is 2.19. The minimum atomic E-state index is -0.235. The first-order valence-corrected chi connectivity index (χ1v) is 10.0. The summed E-state index contributed by atoms with van der Waals surface area (Å²) in [4.78, 5) is 30.3. The molecule has 0 aliphatic rings. The summed E-state index contributed by atoms with van der Waals surface area (Å²) in [6.07, 6.45) is 4.97. The van der Waals surface area contributed by atoms with Crippen molar-refractivity contribution in [2.45, 2.75) is 6.92 Å². The lowest BCUT2D eigenvalue weighted by atomic mass is 10.0. The molecule has 6 rings (SSSR count). The van der Waals surface area contributed by atoms with Gasteiger partial charge in [-0.25, -0.2) is 9.97 Å². The Balaban J connectivity index is 1.66. The summed E-state index contributed by atoms with van der Waals surface area (Å²) in [6.45, 7) is 1.87. The van der Waals surface area contributed by atoms with E-state index in [1.807, 2.05) is 49.4 Å². The van der Waals surface area contributed by atoms with Crippen molar-refractivity contribution in [3.05, 3.63) is 83.1 Å². The maximum absolute atomic E-state index is 13.3. The molecule has 0 saturated heterocycles. The number of hydrogen-bond donors (Lipinski definition) is 2. The summed E-state index contributed by atoms with van der Waals surface area (Å²) in [5, 5.41) is 7.73. The van der Waals surface area contributed by atoms with Crippen LogP contribution >= 0.6 is 0 Å². The molecule has 0 amide bonds. The van der Waals surface area contributed by atoms with Gasteiger partial charge in [0.25, 0.3) is 0 Å². The fourth-order valence-corrected chi connectivity index (χ4v) is 3.79. The largest absolute Gasteiger partial charge is 0.460 e. The van der Waals surface area contributed by atoms with E-state index < -0.39 is 0 Å². The van der Waals surface area contributed by atoms with Crippen LogP contribution in [-0.2, 0) is 0 Å². The number of furan rings is 1. The Bertz CT molecular complexity index is 1660. The Hall–Kier alpha value is -4.59. The number of benzene rings is 1. The summed E-state index contributed by atoms with van der Waals surface area (Å²) in [6, 6.07) is 15.2. The standard InChI is InChI=1S/C24H16N6O2/c1-13-4-7-19(32-13)21-20(15-5-6-17-14(11-15)3-2-9-25-17)28-22-23(31)16(12-26-24(22)29-21)18-8-10-27-30-18/h2-12H,1H3,(H,27,30)(H,26,29,31). The smallest absolute Gasteiger partial charge is 0.218 e. The highest BCUT2D eigenvalue weighted by Crippen LogP contribution is 2.32. The van der Waals surface area contributed by atoms with Gasteiger partial charge in [0.2, 0.25) is 5.43 Å². The number of aromatic nitrogens is 6. The van der Waals surface area contributed by atoms with Crippen LogP contribution in [0.4, 0.5) is 0 Å². The molecule has 5 heterocycles. The van der Waals surface area contributed by atoms with E-state index in [9.17, 15) is 4.79 Å². The Labute approximate surface area is 181 Å². The Morgan fingerprint density at radius 1 is 0.969 bits per heavy atom. The number of aromatic amines is 2. The van der Waals surface area contributed by atoms with Crippen molar-refractivity contribution in [3.63, 3.8) is 0 Å². The molecule has 0 aliphatic carbocycles. The maximum Gasteiger partial charge on any atom is 0.218 e. The van der Waals surface area contributed by atoms with Crippen LogP contribution in [-0.4, -0.2) is 30.1 Å². The minimum absolute atomic E-state index is 0.235. The zero-order valence-corrected chi connectivity index (χ0v) is 17.0. The minimum Gasteiger partial charge on any atom is -0.460 e. The molecule has 0 saturated carbocycles. The van der Waals surface area contributed by atoms with Crippen LogP contribution in [0.25, 0.3) is 56.0 Å². The van der Waals surface area contributed by atoms with Crippen molar-refractivity contribution >= 4 is 22.1 Å². The molecule has 0 radical (unpaired) electrons. The van der Waals surface area contributed by atoms with Gasteiger partial charge in [0.15, 0.2) is 16.9 Å². The Morgan fingerprint density at radius 2 is 1.91 bits per heavy atom. The van der Waals surface area contributed by atoms with Gasteiger partial charge in [0.05, 0.1) is 16.8 Å². The topological polar surface area (TPSA) is 113 Å². The quantitative estimate of drug-likeness (QED) is 0.436. The summed E-state index contributed by atoms with van der Waals surface area (Å²) in [7, 11) is 0. The van der Waals surface area contributed by atoms with Crippen LogP contribution in [0.3, 0.4) is 0 Å². The Morgan fingerprint density at radius 3 is 2.72 bits per heavy atom. The van der Waals surface area contributed by atoms with E-state index in [4.69, 9.17) is 14.4 Å². The molecule has 2 N–H and O–H groups in total. The van der Waals surface area contributed by atoms with E-state index in [0.29, 0.717) is 34.1 Å². The van der Waals surface area contributed by atoms with Gasteiger partial charge in [-0.1, -0.05) is 12.1 Å². The lowest BCUT2D eigenvalue weighted by Crippen LogP contribution is -2.11. The highest BCUT2D eigenvalue weighted by molar-refractivity contribution is 5.89. The van der Waals surface area contributed by atoms with Crippen molar-refractivity contribution in [1.29, 1.82) is 0 Å². The summed E-state index contributed by atoms with van der Waals surface area (Å²) in [5.74, 6) is 1.34. The van der Waals surface area contributed by atoms with Crippen LogP contribution in [0.2, 0.25) is 0 Å². The first kappa shape index (κ1) is 18.2. The summed E-state index contributed by atoms with van der Waals surface area (Å²) in [5.41, 5.74) is 4.25. The van der Waals surface area contributed by atoms with Crippen LogP contribution in [0.1, 0.15) is 5.76 Å². The van der Waals surface area contributed by atoms with Crippen molar-refractivity contribution in [1.82, 2.24) is 30.1 Å². The van der Waals surface area contributed by atoms with Crippen molar-refractivity contribution in [2.75, 3.05) is 0 Å². The number of nitrogens with zero attached hydrogens (tertiary/aromatic N) is 4. The second-order valence-electron chi connectivity index (χ2n) is 7.44. The van der Waals surface area contributed by atoms with Crippen molar-refractivity contribution in [3.8, 4) is 34.0 Å². The first-order chi connectivity index (χ1) is 15.7. The van der Waals surface area contributed by atoms with Gasteiger partial charge in [-0.15, -0.1) is 0 Å². The lowest BCUT2D eigenvalue weighted by molar-refractivity contribution is 0.546. The molecule has 0 unspecified atom stereocenters. The number of fused-ring (bicyclic) bond motifs is 2. The SMILES string of the molecule is Cc1ccc(-c2nc3[nH]cc(-c4ccn[nH]4)c(=O)c3nc2-c2ccc3ncccc3c2)o1. The zero-order chi connectivity index (χ0) is 21.7. The van der Waals surface area contributed by atoms with Gasteiger partial charge in [-0.2, -0.15) is 5.10 Å². The number of hydrogen-bond acceptors (Lipinski definition) is 6. The van der Waals surface area contributed by atoms with E-state index in [2.05, 4.69) is 20.2 Å². The van der Waals surface area contributed by atoms with Gasteiger partial charge in [0, 0.05) is 29.5 Å². The normalized spacial score (nSPS) is 11.4. The maximum atomic E-state index is 13.3. The molecule has 1 aromatic carbocycles. The van der Waals surface area contributed by atoms with Crippen LogP contribution < -0.4 is 5.43 Å². The molecule has 0 bridgehead atoms. The third-order valence-electron chi connectivity index (χ3n) is 5.35. The van der Waals surface area contributed by atoms with Gasteiger partial charge in [-0.05, 0) is 43.3 Å². The second-order valence-corrected chi connectivity index (χ2v) is 7.44. The molecular weight excluding hydrogens is 404 g/mol. The molecule has 154 valence electrons. The molecule has 6 aromatic rings. The number of nitrogens with one attached hydrogen (secondary N) is 2.